The lowest BCUT2D eigenvalue weighted by Gasteiger charge is -2.55. The molecule has 190 valence electrons. The van der Waals surface area contributed by atoms with E-state index in [0.717, 1.165) is 0 Å². The first-order valence-corrected chi connectivity index (χ1v) is 8.43. The van der Waals surface area contributed by atoms with Gasteiger partial charge in [-0.1, -0.05) is 13.8 Å². The smallest absolute Gasteiger partial charge is 0.417 e. The summed E-state index contributed by atoms with van der Waals surface area (Å²) in [6.45, 7) is 0.571. The van der Waals surface area contributed by atoms with Crippen LogP contribution >= 0.6 is 0 Å². The van der Waals surface area contributed by atoms with Crippen molar-refractivity contribution in [2.24, 2.45) is 5.41 Å². The van der Waals surface area contributed by atoms with Crippen LogP contribution in [0, 0.1) is 5.41 Å². The number of hydrogen-bond donors (Lipinski definition) is 1. The second-order valence-electron chi connectivity index (χ2n) is 7.14. The number of carbonyl (C=O) groups excluding carboxylic acids is 1. The van der Waals surface area contributed by atoms with Gasteiger partial charge in [0.15, 0.2) is 5.41 Å². The minimum atomic E-state index is -7.03. The Morgan fingerprint density at radius 3 is 1.69 bits per heavy atom. The lowest BCUT2D eigenvalue weighted by molar-refractivity contribution is -0.533. The van der Waals surface area contributed by atoms with E-state index in [2.05, 4.69) is 9.47 Å². The minimum Gasteiger partial charge on any atom is -0.417 e. The van der Waals surface area contributed by atoms with Gasteiger partial charge in [0.25, 0.3) is 0 Å². The van der Waals surface area contributed by atoms with E-state index in [1.807, 2.05) is 0 Å². The molecule has 4 nitrogen and oxygen atoms in total. The van der Waals surface area contributed by atoms with Crippen molar-refractivity contribution in [2.75, 3.05) is 0 Å². The Morgan fingerprint density at radius 1 is 0.969 bits per heavy atom. The third kappa shape index (κ3) is 3.58. The largest absolute Gasteiger partial charge is 0.462 e. The predicted octanol–water partition coefficient (Wildman–Crippen LogP) is 5.14. The molecule has 0 saturated carbocycles. The third-order valence-corrected chi connectivity index (χ3v) is 5.30. The van der Waals surface area contributed by atoms with Gasteiger partial charge in [-0.15, -0.1) is 0 Å². The van der Waals surface area contributed by atoms with Gasteiger partial charge in [0, 0.05) is 0 Å². The number of esters is 1. The van der Waals surface area contributed by atoms with Crippen molar-refractivity contribution >= 4 is 5.97 Å². The maximum Gasteiger partial charge on any atom is 0.462 e. The van der Waals surface area contributed by atoms with Crippen molar-refractivity contribution in [3.8, 4) is 0 Å². The van der Waals surface area contributed by atoms with Gasteiger partial charge in [-0.3, -0.25) is 4.79 Å². The van der Waals surface area contributed by atoms with E-state index in [1.165, 1.54) is 0 Å². The Balaban J connectivity index is 3.95. The maximum absolute atomic E-state index is 14.8. The van der Waals surface area contributed by atoms with Crippen LogP contribution in [0.1, 0.15) is 33.6 Å². The molecule has 0 spiro atoms. The summed E-state index contributed by atoms with van der Waals surface area (Å²) in [6.07, 6.45) is -28.2. The highest BCUT2D eigenvalue weighted by Gasteiger charge is 2.92. The fraction of sp³-hybridized carbons (Fsp3) is 0.933. The zero-order chi connectivity index (χ0) is 26.0. The number of aliphatic hydroxyl groups is 1. The van der Waals surface area contributed by atoms with Gasteiger partial charge in [-0.2, -0.15) is 57.1 Å². The highest BCUT2D eigenvalue weighted by Crippen LogP contribution is 2.63. The van der Waals surface area contributed by atoms with Gasteiger partial charge >= 0.3 is 42.1 Å². The van der Waals surface area contributed by atoms with Gasteiger partial charge < -0.3 is 14.6 Å². The number of rotatable bonds is 4. The van der Waals surface area contributed by atoms with E-state index in [-0.39, 0.29) is 13.8 Å². The molecule has 17 heteroatoms. The Morgan fingerprint density at radius 2 is 1.41 bits per heavy atom. The summed E-state index contributed by atoms with van der Waals surface area (Å²) in [4.78, 5) is 12.0. The second-order valence-corrected chi connectivity index (χ2v) is 7.14. The number of alkyl halides is 13. The van der Waals surface area contributed by atoms with Crippen LogP contribution in [-0.2, 0) is 14.3 Å². The molecule has 0 aliphatic carbocycles. The van der Waals surface area contributed by atoms with E-state index in [1.54, 1.807) is 0 Å². The first kappa shape index (κ1) is 28.5. The number of carbonyl (C=O) groups is 1. The molecule has 1 saturated heterocycles. The summed E-state index contributed by atoms with van der Waals surface area (Å²) in [7, 11) is 0. The van der Waals surface area contributed by atoms with Crippen LogP contribution in [0.3, 0.4) is 0 Å². The fourth-order valence-corrected chi connectivity index (χ4v) is 2.84. The summed E-state index contributed by atoms with van der Waals surface area (Å²) in [5.41, 5.74) is -9.52. The third-order valence-electron chi connectivity index (χ3n) is 5.30. The lowest BCUT2D eigenvalue weighted by atomic mass is 9.75. The van der Waals surface area contributed by atoms with Crippen LogP contribution in [-0.4, -0.2) is 58.9 Å². The van der Waals surface area contributed by atoms with Crippen molar-refractivity contribution in [1.82, 2.24) is 0 Å². The summed E-state index contributed by atoms with van der Waals surface area (Å²) in [5, 5.41) is 9.71. The molecule has 0 aromatic heterocycles. The molecule has 0 radical (unpaired) electrons. The second kappa shape index (κ2) is 7.50. The van der Waals surface area contributed by atoms with Crippen molar-refractivity contribution in [3.05, 3.63) is 0 Å². The van der Waals surface area contributed by atoms with Gasteiger partial charge in [0.2, 0.25) is 11.7 Å². The molecule has 1 aliphatic rings. The molecule has 0 aromatic rings. The van der Waals surface area contributed by atoms with Crippen LogP contribution in [0.25, 0.3) is 0 Å². The van der Waals surface area contributed by atoms with E-state index in [0.29, 0.717) is 6.92 Å². The number of hydrogen-bond acceptors (Lipinski definition) is 4. The molecule has 4 atom stereocenters. The summed E-state index contributed by atoms with van der Waals surface area (Å²) >= 11 is 0. The first-order valence-electron chi connectivity index (χ1n) is 8.43. The van der Waals surface area contributed by atoms with Crippen molar-refractivity contribution in [3.63, 3.8) is 0 Å². The molecule has 1 N–H and O–H groups in total. The summed E-state index contributed by atoms with van der Waals surface area (Å²) in [5.74, 6) is -22.3. The van der Waals surface area contributed by atoms with E-state index >= 15 is 0 Å². The molecule has 0 aromatic carbocycles. The Hall–Kier alpha value is -1.52. The Labute approximate surface area is 170 Å². The molecule has 1 fully saturated rings. The maximum atomic E-state index is 14.8. The van der Waals surface area contributed by atoms with Gasteiger partial charge in [0.05, 0.1) is 0 Å². The van der Waals surface area contributed by atoms with Crippen molar-refractivity contribution in [2.45, 2.75) is 81.5 Å². The zero-order valence-electron chi connectivity index (χ0n) is 16.1. The van der Waals surface area contributed by atoms with Gasteiger partial charge in [0.1, 0.15) is 0 Å². The summed E-state index contributed by atoms with van der Waals surface area (Å²) in [6, 6.07) is 0. The molecule has 0 bridgehead atoms. The van der Waals surface area contributed by atoms with E-state index in [4.69, 9.17) is 0 Å². The zero-order valence-corrected chi connectivity index (χ0v) is 16.1. The molecule has 1 heterocycles. The quantitative estimate of drug-likeness (QED) is 0.424. The van der Waals surface area contributed by atoms with Crippen LogP contribution in [0.5, 0.6) is 0 Å². The monoisotopic (exact) mass is 506 g/mol. The first-order chi connectivity index (χ1) is 13.8. The molecular weight excluding hydrogens is 491 g/mol. The van der Waals surface area contributed by atoms with Crippen LogP contribution < -0.4 is 0 Å². The van der Waals surface area contributed by atoms with Crippen LogP contribution in [0.4, 0.5) is 57.1 Å². The average Bonchev–Trinajstić information content (AvgIpc) is 2.58. The number of ether oxygens (including phenoxy) is 2. The van der Waals surface area contributed by atoms with E-state index < -0.39 is 72.1 Å². The van der Waals surface area contributed by atoms with Gasteiger partial charge in [-0.25, -0.2) is 0 Å². The topological polar surface area (TPSA) is 55.8 Å². The number of halogens is 13. The standard InChI is InChI=1S/C15H15F13O4/c1-4-8(3,14(23,24)25)7(29)32-13(15(26,27)28)12(21,22)9(30,5-2)10(16,17)6(31-13)11(18,19)20/h6,30H,4-5H2,1-3H3. The fourth-order valence-electron chi connectivity index (χ4n) is 2.84. The lowest BCUT2D eigenvalue weighted by Crippen LogP contribution is -2.84. The van der Waals surface area contributed by atoms with E-state index in [9.17, 15) is 67.0 Å². The Bertz CT molecular complexity index is 728. The molecule has 4 unspecified atom stereocenters. The highest BCUT2D eigenvalue weighted by atomic mass is 19.4. The normalized spacial score (nSPS) is 32.8. The van der Waals surface area contributed by atoms with Gasteiger partial charge in [-0.05, 0) is 19.8 Å². The molecule has 1 aliphatic heterocycles. The van der Waals surface area contributed by atoms with Crippen molar-refractivity contribution in [1.29, 1.82) is 0 Å². The van der Waals surface area contributed by atoms with Crippen molar-refractivity contribution < 1.29 is 76.5 Å². The predicted molar refractivity (Wildman–Crippen MR) is 75.4 cm³/mol. The SMILES string of the molecule is CCC(C)(C(=O)OC1(C(F)(F)F)OC(C(F)(F)F)C(F)(F)C(O)(CC)C1(F)F)C(F)(F)F. The summed E-state index contributed by atoms with van der Waals surface area (Å²) < 4.78 is 184. The molecule has 32 heavy (non-hydrogen) atoms. The highest BCUT2D eigenvalue weighted by molar-refractivity contribution is 5.78. The Kier molecular flexibility index (Phi) is 6.68. The minimum absolute atomic E-state index is 0.123. The van der Waals surface area contributed by atoms with Crippen LogP contribution in [0.15, 0.2) is 0 Å². The average molecular weight is 506 g/mol. The molecular formula is C15H15F13O4. The molecule has 0 amide bonds. The van der Waals surface area contributed by atoms with Crippen LogP contribution in [0.2, 0.25) is 0 Å². The molecule has 1 rings (SSSR count).